The topological polar surface area (TPSA) is 46.2 Å². The van der Waals surface area contributed by atoms with Crippen LogP contribution >= 0.6 is 0 Å². The van der Waals surface area contributed by atoms with Gasteiger partial charge in [-0.2, -0.15) is 0 Å². The van der Waals surface area contributed by atoms with E-state index in [-0.39, 0.29) is 11.7 Å². The van der Waals surface area contributed by atoms with E-state index in [0.29, 0.717) is 18.5 Å². The van der Waals surface area contributed by atoms with Crippen molar-refractivity contribution >= 4 is 17.3 Å². The van der Waals surface area contributed by atoms with Crippen LogP contribution in [0.3, 0.4) is 0 Å². The third-order valence-electron chi connectivity index (χ3n) is 3.24. The Morgan fingerprint density at radius 1 is 0.909 bits per heavy atom. The monoisotopic (exact) mass is 293 g/mol. The molecule has 0 saturated heterocycles. The molecule has 0 fully saturated rings. The average molecular weight is 293 g/mol. The first-order valence-corrected chi connectivity index (χ1v) is 7.26. The molecule has 0 radical (unpaired) electrons. The highest BCUT2D eigenvalue weighted by Crippen LogP contribution is 2.17. The van der Waals surface area contributed by atoms with Gasteiger partial charge >= 0.3 is 0 Å². The van der Waals surface area contributed by atoms with Crippen LogP contribution in [0.4, 0.5) is 0 Å². The van der Waals surface area contributed by atoms with Gasteiger partial charge in [-0.05, 0) is 42.7 Å². The minimum Gasteiger partial charge on any atom is -0.352 e. The van der Waals surface area contributed by atoms with E-state index in [0.717, 1.165) is 11.1 Å². The summed E-state index contributed by atoms with van der Waals surface area (Å²) in [5.41, 5.74) is 2.58. The van der Waals surface area contributed by atoms with Crippen LogP contribution in [0.2, 0.25) is 0 Å². The predicted octanol–water partition coefficient (Wildman–Crippen LogP) is 3.48. The number of rotatable bonds is 6. The highest BCUT2D eigenvalue weighted by molar-refractivity contribution is 5.96. The molecule has 0 spiro atoms. The molecular weight excluding hydrogens is 274 g/mol. The molecule has 0 saturated carbocycles. The summed E-state index contributed by atoms with van der Waals surface area (Å²) in [6.07, 6.45) is 2.24. The number of nitrogens with one attached hydrogen (secondary N) is 1. The van der Waals surface area contributed by atoms with Gasteiger partial charge < -0.3 is 5.32 Å². The fourth-order valence-electron chi connectivity index (χ4n) is 2.20. The predicted molar refractivity (Wildman–Crippen MR) is 88.5 cm³/mol. The second kappa shape index (κ2) is 7.93. The van der Waals surface area contributed by atoms with Crippen LogP contribution in [0, 0.1) is 0 Å². The maximum absolute atomic E-state index is 12.0. The van der Waals surface area contributed by atoms with Gasteiger partial charge in [0.05, 0.1) is 0 Å². The zero-order valence-corrected chi connectivity index (χ0v) is 12.6. The van der Waals surface area contributed by atoms with Crippen molar-refractivity contribution in [3.63, 3.8) is 0 Å². The summed E-state index contributed by atoms with van der Waals surface area (Å²) in [7, 11) is 0. The molecular formula is C19H19NO2. The number of carbonyl (C=O) groups excluding carboxylic acids is 2. The zero-order valence-electron chi connectivity index (χ0n) is 12.6. The molecule has 0 aliphatic carbocycles. The number of allylic oxidation sites excluding steroid dienone is 1. The Kier molecular flexibility index (Phi) is 5.66. The van der Waals surface area contributed by atoms with E-state index < -0.39 is 0 Å². The number of benzene rings is 2. The lowest BCUT2D eigenvalue weighted by molar-refractivity contribution is -0.112. The lowest BCUT2D eigenvalue weighted by Gasteiger charge is -2.09. The smallest absolute Gasteiger partial charge is 0.251 e. The van der Waals surface area contributed by atoms with E-state index in [1.807, 2.05) is 48.5 Å². The van der Waals surface area contributed by atoms with Crippen molar-refractivity contribution in [2.24, 2.45) is 0 Å². The van der Waals surface area contributed by atoms with Gasteiger partial charge in [0.15, 0.2) is 5.78 Å². The quantitative estimate of drug-likeness (QED) is 0.829. The maximum atomic E-state index is 12.0. The summed E-state index contributed by atoms with van der Waals surface area (Å²) >= 11 is 0. The SMILES string of the molecule is CC(=O)/C=C(/CCNC(=O)c1ccccc1)c1ccccc1. The minimum absolute atomic E-state index is 0.00763. The van der Waals surface area contributed by atoms with Crippen molar-refractivity contribution in [1.82, 2.24) is 5.32 Å². The molecule has 3 nitrogen and oxygen atoms in total. The van der Waals surface area contributed by atoms with Crippen LogP contribution in [0.15, 0.2) is 66.7 Å². The molecule has 22 heavy (non-hydrogen) atoms. The number of carbonyl (C=O) groups is 2. The van der Waals surface area contributed by atoms with Crippen molar-refractivity contribution in [3.05, 3.63) is 77.9 Å². The van der Waals surface area contributed by atoms with Crippen LogP contribution in [0.25, 0.3) is 5.57 Å². The fourth-order valence-corrected chi connectivity index (χ4v) is 2.20. The summed E-state index contributed by atoms with van der Waals surface area (Å²) in [4.78, 5) is 23.4. The molecule has 0 unspecified atom stereocenters. The molecule has 0 bridgehead atoms. The van der Waals surface area contributed by atoms with Crippen LogP contribution in [0.1, 0.15) is 29.3 Å². The maximum Gasteiger partial charge on any atom is 0.251 e. The van der Waals surface area contributed by atoms with Gasteiger partial charge in [-0.25, -0.2) is 0 Å². The van der Waals surface area contributed by atoms with Crippen LogP contribution in [-0.2, 0) is 4.79 Å². The van der Waals surface area contributed by atoms with Crippen LogP contribution < -0.4 is 5.32 Å². The first-order chi connectivity index (χ1) is 10.7. The molecule has 0 aromatic heterocycles. The Bertz CT molecular complexity index is 660. The highest BCUT2D eigenvalue weighted by atomic mass is 16.1. The third kappa shape index (κ3) is 4.70. The molecule has 0 aliphatic rings. The molecule has 1 N–H and O–H groups in total. The normalized spacial score (nSPS) is 11.0. The summed E-state index contributed by atoms with van der Waals surface area (Å²) in [5, 5.41) is 2.88. The summed E-state index contributed by atoms with van der Waals surface area (Å²) in [5.74, 6) is -0.0934. The third-order valence-corrected chi connectivity index (χ3v) is 3.24. The number of ketones is 1. The molecule has 2 aromatic rings. The van der Waals surface area contributed by atoms with Crippen molar-refractivity contribution < 1.29 is 9.59 Å². The molecule has 0 aliphatic heterocycles. The molecule has 2 aromatic carbocycles. The van der Waals surface area contributed by atoms with Gasteiger partial charge in [0.2, 0.25) is 0 Å². The van der Waals surface area contributed by atoms with Crippen LogP contribution in [-0.4, -0.2) is 18.2 Å². The van der Waals surface area contributed by atoms with E-state index in [9.17, 15) is 9.59 Å². The molecule has 112 valence electrons. The van der Waals surface area contributed by atoms with Crippen molar-refractivity contribution in [3.8, 4) is 0 Å². The molecule has 0 heterocycles. The Morgan fingerprint density at radius 2 is 1.45 bits per heavy atom. The van der Waals surface area contributed by atoms with Crippen LogP contribution in [0.5, 0.6) is 0 Å². The first kappa shape index (κ1) is 15.7. The second-order valence-corrected chi connectivity index (χ2v) is 5.02. The Morgan fingerprint density at radius 3 is 2.00 bits per heavy atom. The lowest BCUT2D eigenvalue weighted by atomic mass is 10.0. The largest absolute Gasteiger partial charge is 0.352 e. The molecule has 3 heteroatoms. The van der Waals surface area contributed by atoms with Crippen molar-refractivity contribution in [1.29, 1.82) is 0 Å². The van der Waals surface area contributed by atoms with E-state index in [1.54, 1.807) is 18.2 Å². The standard InChI is InChI=1S/C19H19NO2/c1-15(21)14-18(16-8-4-2-5-9-16)12-13-20-19(22)17-10-6-3-7-11-17/h2-11,14H,12-13H2,1H3,(H,20,22)/b18-14-. The van der Waals surface area contributed by atoms with Gasteiger partial charge in [-0.15, -0.1) is 0 Å². The van der Waals surface area contributed by atoms with Gasteiger partial charge in [0, 0.05) is 12.1 Å². The lowest BCUT2D eigenvalue weighted by Crippen LogP contribution is -2.24. The zero-order chi connectivity index (χ0) is 15.8. The van der Waals surface area contributed by atoms with Gasteiger partial charge in [0.1, 0.15) is 0 Å². The van der Waals surface area contributed by atoms with E-state index in [1.165, 1.54) is 6.92 Å². The average Bonchev–Trinajstić information content (AvgIpc) is 2.55. The molecule has 1 amide bonds. The number of hydrogen-bond acceptors (Lipinski definition) is 2. The van der Waals surface area contributed by atoms with E-state index in [2.05, 4.69) is 5.32 Å². The minimum atomic E-state index is -0.101. The molecule has 0 atom stereocenters. The van der Waals surface area contributed by atoms with E-state index >= 15 is 0 Å². The van der Waals surface area contributed by atoms with Gasteiger partial charge in [-0.1, -0.05) is 48.5 Å². The Hall–Kier alpha value is -2.68. The van der Waals surface area contributed by atoms with Gasteiger partial charge in [-0.3, -0.25) is 9.59 Å². The number of hydrogen-bond donors (Lipinski definition) is 1. The van der Waals surface area contributed by atoms with Gasteiger partial charge in [0.25, 0.3) is 5.91 Å². The Labute approximate surface area is 130 Å². The van der Waals surface area contributed by atoms with Crippen molar-refractivity contribution in [2.45, 2.75) is 13.3 Å². The summed E-state index contributed by atoms with van der Waals surface area (Å²) in [6.45, 7) is 2.02. The van der Waals surface area contributed by atoms with Crippen molar-refractivity contribution in [2.75, 3.05) is 6.54 Å². The van der Waals surface area contributed by atoms with E-state index in [4.69, 9.17) is 0 Å². The Balaban J connectivity index is 1.98. The fraction of sp³-hybridized carbons (Fsp3) is 0.158. The number of amides is 1. The molecule has 2 rings (SSSR count). The summed E-state index contributed by atoms with van der Waals surface area (Å²) in [6, 6.07) is 18.8. The first-order valence-electron chi connectivity index (χ1n) is 7.26. The summed E-state index contributed by atoms with van der Waals surface area (Å²) < 4.78 is 0. The second-order valence-electron chi connectivity index (χ2n) is 5.02. The highest BCUT2D eigenvalue weighted by Gasteiger charge is 2.06.